The molecule has 0 aromatic rings. The van der Waals surface area contributed by atoms with E-state index in [1.54, 1.807) is 0 Å². The molecule has 0 rings (SSSR count). The smallest absolute Gasteiger partial charge is 0.00407 e. The van der Waals surface area contributed by atoms with Gasteiger partial charge in [0.2, 0.25) is 0 Å². The predicted molar refractivity (Wildman–Crippen MR) is 60.4 cm³/mol. The van der Waals surface area contributed by atoms with Gasteiger partial charge in [0.25, 0.3) is 0 Å². The molecule has 0 heterocycles. The number of allylic oxidation sites excluding steroid dienone is 2. The van der Waals surface area contributed by atoms with Crippen molar-refractivity contribution in [1.29, 1.82) is 0 Å². The quantitative estimate of drug-likeness (QED) is 0.418. The average molecular weight is 166 g/mol. The van der Waals surface area contributed by atoms with Crippen LogP contribution in [0, 0.1) is 0 Å². The van der Waals surface area contributed by atoms with Crippen molar-refractivity contribution < 1.29 is 0 Å². The predicted octanol–water partition coefficient (Wildman–Crippen LogP) is 4.51. The molecule has 0 aliphatic carbocycles. The van der Waals surface area contributed by atoms with Crippen molar-refractivity contribution in [2.45, 2.75) is 34.1 Å². The van der Waals surface area contributed by atoms with Crippen LogP contribution >= 0.6 is 0 Å². The third-order valence-electron chi connectivity index (χ3n) is 0.869. The topological polar surface area (TPSA) is 0 Å². The zero-order valence-corrected chi connectivity index (χ0v) is 9.04. The number of hydrogen-bond acceptors (Lipinski definition) is 0. The minimum absolute atomic E-state index is 0.934. The maximum Gasteiger partial charge on any atom is -0.00407 e. The Morgan fingerprint density at radius 1 is 1.17 bits per heavy atom. The molecule has 0 aromatic carbocycles. The minimum Gasteiger partial charge on any atom is -0.130 e. The number of rotatable bonds is 2. The second kappa shape index (κ2) is 16.5. The molecule has 0 atom stereocenters. The molecule has 0 spiro atoms. The third-order valence-corrected chi connectivity index (χ3v) is 0.869. The van der Waals surface area contributed by atoms with Crippen LogP contribution in [0.5, 0.6) is 0 Å². The first kappa shape index (κ1) is 17.2. The highest BCUT2D eigenvalue weighted by Crippen LogP contribution is 2.04. The van der Waals surface area contributed by atoms with E-state index in [0.29, 0.717) is 0 Å². The average Bonchev–Trinajstić information content (AvgIpc) is 2.10. The van der Waals surface area contributed by atoms with Gasteiger partial charge in [0.1, 0.15) is 0 Å². The van der Waals surface area contributed by atoms with Gasteiger partial charge < -0.3 is 0 Å². The van der Waals surface area contributed by atoms with Gasteiger partial charge >= 0.3 is 0 Å². The maximum absolute atomic E-state index is 3.75. The van der Waals surface area contributed by atoms with E-state index in [-0.39, 0.29) is 0 Å². The Bertz CT molecular complexity index is 145. The van der Waals surface area contributed by atoms with E-state index < -0.39 is 0 Å². The summed E-state index contributed by atoms with van der Waals surface area (Å²) in [6.07, 6.45) is 0.934. The third kappa shape index (κ3) is 23.0. The molecule has 0 aromatic heterocycles. The van der Waals surface area contributed by atoms with Crippen LogP contribution in [0.4, 0.5) is 0 Å². The van der Waals surface area contributed by atoms with Gasteiger partial charge in [-0.3, -0.25) is 0 Å². The summed E-state index contributed by atoms with van der Waals surface area (Å²) in [5.74, 6) is 0. The first-order valence-corrected chi connectivity index (χ1v) is 4.16. The van der Waals surface area contributed by atoms with Crippen LogP contribution in [0.3, 0.4) is 0 Å². The van der Waals surface area contributed by atoms with Crippen LogP contribution in [0.15, 0.2) is 43.2 Å². The molecule has 0 aliphatic heterocycles. The number of hydrogen-bond donors (Lipinski definition) is 0. The second-order valence-corrected chi connectivity index (χ2v) is 2.09. The molecule has 0 saturated heterocycles. The van der Waals surface area contributed by atoms with E-state index >= 15 is 0 Å². The monoisotopic (exact) mass is 166 g/mol. The van der Waals surface area contributed by atoms with Crippen LogP contribution in [0.25, 0.3) is 0 Å². The van der Waals surface area contributed by atoms with Crippen molar-refractivity contribution in [1.82, 2.24) is 0 Å². The van der Waals surface area contributed by atoms with E-state index in [4.69, 9.17) is 0 Å². The van der Waals surface area contributed by atoms with Crippen LogP contribution in [-0.4, -0.2) is 0 Å². The van der Waals surface area contributed by atoms with Crippen molar-refractivity contribution in [3.8, 4) is 0 Å². The Hall–Kier alpha value is -1.00. The summed E-state index contributed by atoms with van der Waals surface area (Å²) in [5, 5.41) is 0. The molecule has 0 fully saturated rings. The zero-order chi connectivity index (χ0) is 10.6. The highest BCUT2D eigenvalue weighted by Gasteiger charge is 1.84. The van der Waals surface area contributed by atoms with Gasteiger partial charge in [-0.05, 0) is 25.8 Å². The van der Waals surface area contributed by atoms with E-state index in [9.17, 15) is 0 Å². The zero-order valence-electron chi connectivity index (χ0n) is 9.04. The normalized spacial score (nSPS) is 6.00. The molecule has 70 valence electrons. The van der Waals surface area contributed by atoms with Crippen molar-refractivity contribution in [3.05, 3.63) is 43.2 Å². The fraction of sp³-hybridized carbons (Fsp3) is 0.417. The molecule has 0 radical (unpaired) electrons. The van der Waals surface area contributed by atoms with Crippen LogP contribution in [-0.2, 0) is 0 Å². The van der Waals surface area contributed by atoms with Crippen LogP contribution in [0.2, 0.25) is 0 Å². The van der Waals surface area contributed by atoms with Gasteiger partial charge in [-0.25, -0.2) is 0 Å². The summed E-state index contributed by atoms with van der Waals surface area (Å²) in [4.78, 5) is 0. The summed E-state index contributed by atoms with van der Waals surface area (Å²) < 4.78 is 0. The van der Waals surface area contributed by atoms with Gasteiger partial charge in [0.15, 0.2) is 0 Å². The molecule has 0 bridgehead atoms. The lowest BCUT2D eigenvalue weighted by Crippen LogP contribution is -1.73. The molecule has 0 aliphatic rings. The van der Waals surface area contributed by atoms with Crippen molar-refractivity contribution >= 4 is 0 Å². The van der Waals surface area contributed by atoms with Gasteiger partial charge in [-0.15, -0.1) is 18.9 Å². The van der Waals surface area contributed by atoms with Gasteiger partial charge in [0, 0.05) is 0 Å². The summed E-state index contributed by atoms with van der Waals surface area (Å²) in [6, 6.07) is 0. The first-order valence-electron chi connectivity index (χ1n) is 4.16. The Balaban J connectivity index is -0.000000175. The fourth-order valence-corrected chi connectivity index (χ4v) is 0.515. The van der Waals surface area contributed by atoms with E-state index in [0.717, 1.165) is 12.0 Å². The summed E-state index contributed by atoms with van der Waals surface area (Å²) in [7, 11) is 0. The highest BCUT2D eigenvalue weighted by molar-refractivity contribution is 5.06. The molecule has 12 heavy (non-hydrogen) atoms. The molecule has 0 saturated carbocycles. The van der Waals surface area contributed by atoms with E-state index in [1.807, 2.05) is 27.7 Å². The van der Waals surface area contributed by atoms with Gasteiger partial charge in [-0.1, -0.05) is 32.6 Å². The largest absolute Gasteiger partial charge is 0.130 e. The molecule has 0 unspecified atom stereocenters. The van der Waals surface area contributed by atoms with Crippen molar-refractivity contribution in [2.24, 2.45) is 0 Å². The maximum atomic E-state index is 3.75. The molecule has 0 nitrogen and oxygen atoms in total. The lowest BCUT2D eigenvalue weighted by Gasteiger charge is -1.92. The molecule has 0 amide bonds. The molecule has 0 N–H and O–H groups in total. The molecular weight excluding hydrogens is 144 g/mol. The molecule has 0 heteroatoms. The molecular formula is C12H22. The summed E-state index contributed by atoms with van der Waals surface area (Å²) in [6.45, 7) is 21.3. The minimum atomic E-state index is 0.934. The Morgan fingerprint density at radius 2 is 1.50 bits per heavy atom. The fourth-order valence-electron chi connectivity index (χ4n) is 0.515. The van der Waals surface area contributed by atoms with E-state index in [1.165, 1.54) is 5.57 Å². The SMILES string of the molecule is C=C.C=C=C(C)CC(=C)C.CC. The lowest BCUT2D eigenvalue weighted by molar-refractivity contribution is 1.12. The summed E-state index contributed by atoms with van der Waals surface area (Å²) >= 11 is 0. The van der Waals surface area contributed by atoms with Crippen LogP contribution in [0.1, 0.15) is 34.1 Å². The standard InChI is InChI=1S/C8H12.C2H6.C2H4/c1-5-8(4)6-7(2)3;2*1-2/h1-2,6H2,3-4H3;1-2H3;1-2H2. The van der Waals surface area contributed by atoms with Gasteiger partial charge in [0.05, 0.1) is 0 Å². The van der Waals surface area contributed by atoms with Crippen molar-refractivity contribution in [2.75, 3.05) is 0 Å². The summed E-state index contributed by atoms with van der Waals surface area (Å²) in [5.41, 5.74) is 5.13. The van der Waals surface area contributed by atoms with Crippen molar-refractivity contribution in [3.63, 3.8) is 0 Å². The Morgan fingerprint density at radius 3 is 1.58 bits per heavy atom. The highest BCUT2D eigenvalue weighted by atomic mass is 13.9. The Kier molecular flexibility index (Phi) is 23.7. The first-order chi connectivity index (χ1) is 5.66. The Labute approximate surface area is 78.0 Å². The van der Waals surface area contributed by atoms with Gasteiger partial charge in [-0.2, -0.15) is 0 Å². The van der Waals surface area contributed by atoms with E-state index in [2.05, 4.69) is 32.0 Å². The lowest BCUT2D eigenvalue weighted by atomic mass is 10.1. The van der Waals surface area contributed by atoms with Crippen LogP contribution < -0.4 is 0 Å². The second-order valence-electron chi connectivity index (χ2n) is 2.09.